The fourth-order valence-corrected chi connectivity index (χ4v) is 3.75. The number of H-pyrrole nitrogens is 1. The third-order valence-corrected chi connectivity index (χ3v) is 5.17. The van der Waals surface area contributed by atoms with Crippen LogP contribution in [0.4, 0.5) is 0 Å². The number of carbonyl (C=O) groups is 2. The summed E-state index contributed by atoms with van der Waals surface area (Å²) in [5, 5.41) is 0.752. The second-order valence-electron chi connectivity index (χ2n) is 5.94. The Morgan fingerprint density at radius 3 is 2.42 bits per heavy atom. The second-order valence-corrected chi connectivity index (χ2v) is 7.92. The summed E-state index contributed by atoms with van der Waals surface area (Å²) in [5.41, 5.74) is 1.88. The number of fused-ring (bicyclic) bond motifs is 1. The number of rotatable bonds is 5. The van der Waals surface area contributed by atoms with Crippen molar-refractivity contribution >= 4 is 32.5 Å². The van der Waals surface area contributed by atoms with Crippen LogP contribution in [0.15, 0.2) is 53.4 Å². The van der Waals surface area contributed by atoms with Crippen LogP contribution < -0.4 is 0 Å². The molecule has 0 saturated heterocycles. The highest BCUT2D eigenvalue weighted by molar-refractivity contribution is 7.90. The monoisotopic (exact) mass is 371 g/mol. The Hall–Kier alpha value is -2.93. The van der Waals surface area contributed by atoms with Crippen molar-refractivity contribution in [3.8, 4) is 0 Å². The van der Waals surface area contributed by atoms with Gasteiger partial charge < -0.3 is 9.72 Å². The molecule has 7 heteroatoms. The Morgan fingerprint density at radius 2 is 1.69 bits per heavy atom. The molecule has 0 aliphatic heterocycles. The van der Waals surface area contributed by atoms with E-state index in [0.29, 0.717) is 11.3 Å². The zero-order valence-electron chi connectivity index (χ0n) is 14.3. The van der Waals surface area contributed by atoms with Gasteiger partial charge in [-0.05, 0) is 25.1 Å². The molecule has 3 rings (SSSR count). The first-order valence-electron chi connectivity index (χ1n) is 7.86. The number of esters is 1. The van der Waals surface area contributed by atoms with Gasteiger partial charge in [-0.25, -0.2) is 13.2 Å². The molecule has 0 unspecified atom stereocenters. The van der Waals surface area contributed by atoms with Gasteiger partial charge in [0.25, 0.3) is 0 Å². The number of aryl methyl sites for hydroxylation is 1. The molecule has 3 aromatic rings. The van der Waals surface area contributed by atoms with Crippen molar-refractivity contribution in [2.75, 3.05) is 12.9 Å². The summed E-state index contributed by atoms with van der Waals surface area (Å²) in [4.78, 5) is 27.8. The van der Waals surface area contributed by atoms with Gasteiger partial charge in [0.1, 0.15) is 0 Å². The van der Waals surface area contributed by atoms with Crippen molar-refractivity contribution in [1.82, 2.24) is 4.98 Å². The van der Waals surface area contributed by atoms with Gasteiger partial charge in [0.2, 0.25) is 5.78 Å². The molecular formula is C19H17NO5S. The topological polar surface area (TPSA) is 93.3 Å². The number of benzene rings is 2. The third-order valence-electron chi connectivity index (χ3n) is 4.01. The van der Waals surface area contributed by atoms with Gasteiger partial charge in [0.05, 0.1) is 10.5 Å². The largest absolute Gasteiger partial charge is 0.454 e. The zero-order valence-corrected chi connectivity index (χ0v) is 15.1. The predicted octanol–water partition coefficient (Wildman–Crippen LogP) is 2.92. The van der Waals surface area contributed by atoms with E-state index in [1.54, 1.807) is 6.92 Å². The molecule has 0 spiro atoms. The Morgan fingerprint density at radius 1 is 1.04 bits per heavy atom. The molecule has 0 atom stereocenters. The average molecular weight is 371 g/mol. The van der Waals surface area contributed by atoms with E-state index in [1.165, 1.54) is 24.3 Å². The number of sulfone groups is 1. The Labute approximate surface area is 150 Å². The quantitative estimate of drug-likeness (QED) is 0.550. The smallest absolute Gasteiger partial charge is 0.339 e. The van der Waals surface area contributed by atoms with Crippen LogP contribution in [-0.2, 0) is 14.6 Å². The van der Waals surface area contributed by atoms with Crippen molar-refractivity contribution in [3.63, 3.8) is 0 Å². The van der Waals surface area contributed by atoms with Crippen molar-refractivity contribution in [2.45, 2.75) is 11.8 Å². The van der Waals surface area contributed by atoms with E-state index >= 15 is 0 Å². The number of hydrogen-bond acceptors (Lipinski definition) is 5. The summed E-state index contributed by atoms with van der Waals surface area (Å²) in [7, 11) is -3.59. The summed E-state index contributed by atoms with van der Waals surface area (Å²) in [6.07, 6.45) is 1.01. The normalized spacial score (nSPS) is 11.5. The molecule has 0 aliphatic carbocycles. The van der Waals surface area contributed by atoms with Crippen LogP contribution in [0.2, 0.25) is 0 Å². The second kappa shape index (κ2) is 6.76. The van der Waals surface area contributed by atoms with E-state index in [2.05, 4.69) is 4.98 Å². The molecule has 0 fully saturated rings. The van der Waals surface area contributed by atoms with Crippen molar-refractivity contribution in [2.24, 2.45) is 0 Å². The maximum Gasteiger partial charge on any atom is 0.339 e. The minimum absolute atomic E-state index is 0.0848. The van der Waals surface area contributed by atoms with Crippen LogP contribution in [-0.4, -0.2) is 38.0 Å². The third kappa shape index (κ3) is 3.39. The molecule has 0 aliphatic rings. The first-order valence-corrected chi connectivity index (χ1v) is 9.75. The van der Waals surface area contributed by atoms with Crippen LogP contribution in [0.3, 0.4) is 0 Å². The zero-order chi connectivity index (χ0) is 18.9. The van der Waals surface area contributed by atoms with Gasteiger partial charge in [0.15, 0.2) is 16.4 Å². The van der Waals surface area contributed by atoms with Crippen LogP contribution in [0, 0.1) is 6.92 Å². The molecule has 0 amide bonds. The predicted molar refractivity (Wildman–Crippen MR) is 97.2 cm³/mol. The fourth-order valence-electron chi connectivity index (χ4n) is 2.88. The lowest BCUT2D eigenvalue weighted by Gasteiger charge is -2.08. The number of hydrogen-bond donors (Lipinski definition) is 1. The number of para-hydroxylation sites is 1. The molecule has 6 nitrogen and oxygen atoms in total. The molecule has 1 heterocycles. The number of aromatic nitrogens is 1. The first kappa shape index (κ1) is 17.9. The maximum atomic E-state index is 12.5. The van der Waals surface area contributed by atoms with E-state index in [9.17, 15) is 18.0 Å². The van der Waals surface area contributed by atoms with Gasteiger partial charge in [0, 0.05) is 28.4 Å². The minimum atomic E-state index is -3.59. The number of aromatic amines is 1. The molecule has 0 radical (unpaired) electrons. The van der Waals surface area contributed by atoms with Gasteiger partial charge in [-0.15, -0.1) is 0 Å². The molecule has 134 valence electrons. The SMILES string of the molecule is Cc1[nH]c2ccccc2c1C(=O)COC(=O)c1ccccc1S(C)(=O)=O. The maximum absolute atomic E-state index is 12.5. The van der Waals surface area contributed by atoms with Crippen molar-refractivity contribution in [3.05, 3.63) is 65.4 Å². The lowest BCUT2D eigenvalue weighted by Crippen LogP contribution is -2.17. The van der Waals surface area contributed by atoms with E-state index in [4.69, 9.17) is 4.74 Å². The van der Waals surface area contributed by atoms with Crippen LogP contribution >= 0.6 is 0 Å². The lowest BCUT2D eigenvalue weighted by atomic mass is 10.1. The highest BCUT2D eigenvalue weighted by atomic mass is 32.2. The number of ketones is 1. The van der Waals surface area contributed by atoms with Crippen LogP contribution in [0.1, 0.15) is 26.4 Å². The van der Waals surface area contributed by atoms with E-state index in [0.717, 1.165) is 17.2 Å². The van der Waals surface area contributed by atoms with Crippen LogP contribution in [0.25, 0.3) is 10.9 Å². The Balaban J connectivity index is 1.82. The summed E-state index contributed by atoms with van der Waals surface area (Å²) in [5.74, 6) is -1.21. The van der Waals surface area contributed by atoms with E-state index in [1.807, 2.05) is 24.3 Å². The van der Waals surface area contributed by atoms with Crippen LogP contribution in [0.5, 0.6) is 0 Å². The molecule has 26 heavy (non-hydrogen) atoms. The molecular weight excluding hydrogens is 354 g/mol. The molecule has 0 bridgehead atoms. The number of carbonyl (C=O) groups excluding carboxylic acids is 2. The van der Waals surface area contributed by atoms with Crippen molar-refractivity contribution < 1.29 is 22.7 Å². The number of Topliss-reactive ketones (excluding diaryl/α,β-unsaturated/α-hetero) is 1. The molecule has 1 aromatic heterocycles. The summed E-state index contributed by atoms with van der Waals surface area (Å²) in [6.45, 7) is 1.30. The highest BCUT2D eigenvalue weighted by Crippen LogP contribution is 2.23. The first-order chi connectivity index (χ1) is 12.3. The average Bonchev–Trinajstić information content (AvgIpc) is 2.94. The van der Waals surface area contributed by atoms with E-state index in [-0.39, 0.29) is 16.2 Å². The van der Waals surface area contributed by atoms with Gasteiger partial charge in [-0.1, -0.05) is 30.3 Å². The molecule has 1 N–H and O–H groups in total. The highest BCUT2D eigenvalue weighted by Gasteiger charge is 2.22. The standard InChI is InChI=1S/C19H17NO5S/c1-12-18(13-7-3-5-9-15(13)20-12)16(21)11-25-19(22)14-8-4-6-10-17(14)26(2,23)24/h3-10,20H,11H2,1-2H3. The fraction of sp³-hybridized carbons (Fsp3) is 0.158. The Bertz CT molecular complexity index is 1110. The number of ether oxygens (including phenoxy) is 1. The molecule has 0 saturated carbocycles. The minimum Gasteiger partial charge on any atom is -0.454 e. The number of nitrogens with one attached hydrogen (secondary N) is 1. The van der Waals surface area contributed by atoms with E-state index < -0.39 is 22.4 Å². The van der Waals surface area contributed by atoms with Gasteiger partial charge in [-0.3, -0.25) is 4.79 Å². The van der Waals surface area contributed by atoms with Gasteiger partial charge in [-0.2, -0.15) is 0 Å². The summed E-state index contributed by atoms with van der Waals surface area (Å²) < 4.78 is 28.7. The van der Waals surface area contributed by atoms with Gasteiger partial charge >= 0.3 is 5.97 Å². The lowest BCUT2D eigenvalue weighted by molar-refractivity contribution is 0.0471. The van der Waals surface area contributed by atoms with Crippen molar-refractivity contribution in [1.29, 1.82) is 0 Å². The Kier molecular flexibility index (Phi) is 4.65. The summed E-state index contributed by atoms with van der Waals surface area (Å²) >= 11 is 0. The summed E-state index contributed by atoms with van der Waals surface area (Å²) in [6, 6.07) is 13.1. The molecule has 2 aromatic carbocycles.